The van der Waals surface area contributed by atoms with E-state index in [1.54, 1.807) is 0 Å². The van der Waals surface area contributed by atoms with E-state index in [-0.39, 0.29) is 0 Å². The molecule has 1 nitrogen and oxygen atoms in total. The smallest absolute Gasteiger partial charge is 0.0740 e. The summed E-state index contributed by atoms with van der Waals surface area (Å²) in [6.07, 6.45) is 13.4. The van der Waals surface area contributed by atoms with E-state index < -0.39 is 0 Å². The van der Waals surface area contributed by atoms with E-state index in [2.05, 4.69) is 57.2 Å². The van der Waals surface area contributed by atoms with Crippen molar-refractivity contribution in [3.05, 3.63) is 59.4 Å². The predicted octanol–water partition coefficient (Wildman–Crippen LogP) is 6.90. The molecule has 2 aliphatic carbocycles. The SMILES string of the molecule is CC1=CC(C)CC(c2nccc3cc(C(C)C4CCCC4)ccc23)=C1. The van der Waals surface area contributed by atoms with E-state index in [9.17, 15) is 0 Å². The summed E-state index contributed by atoms with van der Waals surface area (Å²) in [5.41, 5.74) is 5.42. The Labute approximate surface area is 151 Å². The summed E-state index contributed by atoms with van der Waals surface area (Å²) in [6.45, 7) is 6.91. The number of hydrogen-bond acceptors (Lipinski definition) is 1. The predicted molar refractivity (Wildman–Crippen MR) is 108 cm³/mol. The van der Waals surface area contributed by atoms with Gasteiger partial charge in [0.2, 0.25) is 0 Å². The first-order valence-electron chi connectivity index (χ1n) is 9.90. The maximum atomic E-state index is 4.76. The van der Waals surface area contributed by atoms with Crippen LogP contribution in [0, 0.1) is 11.8 Å². The van der Waals surface area contributed by atoms with E-state index in [1.807, 2.05) is 6.20 Å². The highest BCUT2D eigenvalue weighted by Gasteiger charge is 2.23. The zero-order valence-corrected chi connectivity index (χ0v) is 15.8. The second-order valence-corrected chi connectivity index (χ2v) is 8.24. The molecule has 1 aromatic carbocycles. The third-order valence-electron chi connectivity index (χ3n) is 6.22. The van der Waals surface area contributed by atoms with Gasteiger partial charge in [0.25, 0.3) is 0 Å². The molecule has 1 fully saturated rings. The molecule has 2 aliphatic rings. The Bertz CT molecular complexity index is 836. The molecule has 0 aliphatic heterocycles. The highest BCUT2D eigenvalue weighted by atomic mass is 14.7. The van der Waals surface area contributed by atoms with Crippen LogP contribution in [0.25, 0.3) is 16.3 Å². The molecule has 0 saturated heterocycles. The number of hydrogen-bond donors (Lipinski definition) is 0. The molecule has 1 saturated carbocycles. The molecule has 1 heterocycles. The van der Waals surface area contributed by atoms with Crippen molar-refractivity contribution >= 4 is 16.3 Å². The molecule has 4 rings (SSSR count). The van der Waals surface area contributed by atoms with Gasteiger partial charge in [-0.2, -0.15) is 0 Å². The molecule has 0 spiro atoms. The van der Waals surface area contributed by atoms with Crippen LogP contribution in [0.1, 0.15) is 70.1 Å². The topological polar surface area (TPSA) is 12.9 Å². The average Bonchev–Trinajstić information content (AvgIpc) is 3.14. The fourth-order valence-corrected chi connectivity index (χ4v) is 4.87. The standard InChI is InChI=1S/C24H29N/c1-16-12-17(2)14-22(13-16)24-23-9-8-20(15-21(23)10-11-25-24)18(3)19-6-4-5-7-19/h8-13,15,17-19H,4-7,14H2,1-3H3. The van der Waals surface area contributed by atoms with Gasteiger partial charge in [0.1, 0.15) is 0 Å². The van der Waals surface area contributed by atoms with Crippen molar-refractivity contribution < 1.29 is 0 Å². The largest absolute Gasteiger partial charge is 0.256 e. The van der Waals surface area contributed by atoms with Crippen LogP contribution in [0.3, 0.4) is 0 Å². The number of fused-ring (bicyclic) bond motifs is 1. The van der Waals surface area contributed by atoms with Crippen LogP contribution < -0.4 is 0 Å². The highest BCUT2D eigenvalue weighted by Crippen LogP contribution is 2.39. The zero-order chi connectivity index (χ0) is 17.4. The van der Waals surface area contributed by atoms with Gasteiger partial charge in [-0.3, -0.25) is 4.98 Å². The Balaban J connectivity index is 1.72. The summed E-state index contributed by atoms with van der Waals surface area (Å²) in [4.78, 5) is 4.76. The van der Waals surface area contributed by atoms with E-state index in [0.29, 0.717) is 11.8 Å². The number of benzene rings is 1. The Hall–Kier alpha value is -1.89. The second-order valence-electron chi connectivity index (χ2n) is 8.24. The van der Waals surface area contributed by atoms with Gasteiger partial charge >= 0.3 is 0 Å². The maximum absolute atomic E-state index is 4.76. The van der Waals surface area contributed by atoms with Gasteiger partial charge in [-0.25, -0.2) is 0 Å². The quantitative estimate of drug-likeness (QED) is 0.596. The van der Waals surface area contributed by atoms with Crippen molar-refractivity contribution in [1.82, 2.24) is 4.98 Å². The Morgan fingerprint density at radius 1 is 1.12 bits per heavy atom. The van der Waals surface area contributed by atoms with E-state index in [1.165, 1.54) is 58.9 Å². The highest BCUT2D eigenvalue weighted by molar-refractivity contribution is 5.93. The number of aromatic nitrogens is 1. The van der Waals surface area contributed by atoms with Crippen LogP contribution in [-0.4, -0.2) is 4.98 Å². The third kappa shape index (κ3) is 3.29. The van der Waals surface area contributed by atoms with Crippen LogP contribution in [0.5, 0.6) is 0 Å². The summed E-state index contributed by atoms with van der Waals surface area (Å²) in [5, 5.41) is 2.64. The number of rotatable bonds is 3. The fraction of sp³-hybridized carbons (Fsp3) is 0.458. The van der Waals surface area contributed by atoms with E-state index >= 15 is 0 Å². The van der Waals surface area contributed by atoms with Crippen LogP contribution in [0.4, 0.5) is 0 Å². The van der Waals surface area contributed by atoms with E-state index in [0.717, 1.165) is 12.3 Å². The molecule has 2 atom stereocenters. The molecule has 25 heavy (non-hydrogen) atoms. The van der Waals surface area contributed by atoms with Crippen LogP contribution in [-0.2, 0) is 0 Å². The van der Waals surface area contributed by atoms with Gasteiger partial charge in [-0.05, 0) is 66.5 Å². The first-order valence-corrected chi connectivity index (χ1v) is 9.90. The van der Waals surface area contributed by atoms with Crippen molar-refractivity contribution in [2.75, 3.05) is 0 Å². The minimum atomic E-state index is 0.596. The molecular weight excluding hydrogens is 302 g/mol. The Morgan fingerprint density at radius 3 is 2.68 bits per heavy atom. The van der Waals surface area contributed by atoms with Gasteiger partial charge < -0.3 is 0 Å². The monoisotopic (exact) mass is 331 g/mol. The van der Waals surface area contributed by atoms with Crippen molar-refractivity contribution in [2.24, 2.45) is 11.8 Å². The average molecular weight is 332 g/mol. The zero-order valence-electron chi connectivity index (χ0n) is 15.8. The molecule has 0 radical (unpaired) electrons. The maximum Gasteiger partial charge on any atom is 0.0740 e. The molecule has 0 bridgehead atoms. The number of allylic oxidation sites excluding steroid dienone is 4. The minimum absolute atomic E-state index is 0.596. The first-order chi connectivity index (χ1) is 12.1. The lowest BCUT2D eigenvalue weighted by Gasteiger charge is -2.21. The summed E-state index contributed by atoms with van der Waals surface area (Å²) in [7, 11) is 0. The van der Waals surface area contributed by atoms with Crippen molar-refractivity contribution in [1.29, 1.82) is 0 Å². The van der Waals surface area contributed by atoms with Crippen LogP contribution in [0.15, 0.2) is 48.2 Å². The van der Waals surface area contributed by atoms with Gasteiger partial charge in [0.15, 0.2) is 0 Å². The van der Waals surface area contributed by atoms with Crippen LogP contribution >= 0.6 is 0 Å². The molecule has 0 amide bonds. The van der Waals surface area contributed by atoms with Crippen molar-refractivity contribution in [3.8, 4) is 0 Å². The summed E-state index contributed by atoms with van der Waals surface area (Å²) in [6, 6.07) is 9.27. The first kappa shape index (κ1) is 16.6. The normalized spacial score (nSPS) is 22.8. The van der Waals surface area contributed by atoms with Gasteiger partial charge in [0, 0.05) is 11.6 Å². The second kappa shape index (κ2) is 6.78. The molecule has 1 heteroatoms. The fourth-order valence-electron chi connectivity index (χ4n) is 4.87. The lowest BCUT2D eigenvalue weighted by atomic mass is 9.84. The molecule has 2 unspecified atom stereocenters. The molecule has 130 valence electrons. The lowest BCUT2D eigenvalue weighted by molar-refractivity contribution is 0.461. The van der Waals surface area contributed by atoms with Gasteiger partial charge in [-0.15, -0.1) is 0 Å². The third-order valence-corrected chi connectivity index (χ3v) is 6.22. The van der Waals surface area contributed by atoms with E-state index in [4.69, 9.17) is 4.98 Å². The molecule has 0 N–H and O–H groups in total. The summed E-state index contributed by atoms with van der Waals surface area (Å²) >= 11 is 0. The molecule has 1 aromatic heterocycles. The summed E-state index contributed by atoms with van der Waals surface area (Å²) < 4.78 is 0. The van der Waals surface area contributed by atoms with Crippen LogP contribution in [0.2, 0.25) is 0 Å². The van der Waals surface area contributed by atoms with Crippen molar-refractivity contribution in [2.45, 2.75) is 58.8 Å². The number of pyridine rings is 1. The van der Waals surface area contributed by atoms with Gasteiger partial charge in [0.05, 0.1) is 5.69 Å². The number of nitrogens with zero attached hydrogens (tertiary/aromatic N) is 1. The lowest BCUT2D eigenvalue weighted by Crippen LogP contribution is -2.06. The molecule has 2 aromatic rings. The summed E-state index contributed by atoms with van der Waals surface area (Å²) in [5.74, 6) is 2.13. The Morgan fingerprint density at radius 2 is 1.92 bits per heavy atom. The van der Waals surface area contributed by atoms with Crippen molar-refractivity contribution in [3.63, 3.8) is 0 Å². The van der Waals surface area contributed by atoms with Gasteiger partial charge in [-0.1, -0.05) is 62.6 Å². The minimum Gasteiger partial charge on any atom is -0.256 e. The molecular formula is C24H29N. The Kier molecular flexibility index (Phi) is 4.50.